The smallest absolute Gasteiger partial charge is 0.254 e. The zero-order chi connectivity index (χ0) is 20.8. The van der Waals surface area contributed by atoms with Crippen LogP contribution < -0.4 is 15.0 Å². The van der Waals surface area contributed by atoms with Gasteiger partial charge in [-0.3, -0.25) is 4.79 Å². The van der Waals surface area contributed by atoms with Crippen LogP contribution in [0.3, 0.4) is 0 Å². The summed E-state index contributed by atoms with van der Waals surface area (Å²) in [6.45, 7) is 7.14. The number of nitrogens with zero attached hydrogens (tertiary/aromatic N) is 2. The van der Waals surface area contributed by atoms with Crippen LogP contribution in [-0.2, 0) is 11.3 Å². The lowest BCUT2D eigenvalue weighted by Gasteiger charge is -2.29. The number of methoxy groups -OCH3 is 1. The van der Waals surface area contributed by atoms with E-state index < -0.39 is 0 Å². The fraction of sp³-hybridized carbons (Fsp3) is 0.429. The van der Waals surface area contributed by atoms with Crippen LogP contribution in [0.1, 0.15) is 28.4 Å². The van der Waals surface area contributed by atoms with Crippen LogP contribution in [0.5, 0.6) is 5.75 Å². The summed E-state index contributed by atoms with van der Waals surface area (Å²) in [5.41, 5.74) is 2.17. The molecular formula is C21H26FN3O3S. The molecule has 0 atom stereocenters. The molecule has 0 unspecified atom stereocenters. The van der Waals surface area contributed by atoms with Crippen molar-refractivity contribution in [1.82, 2.24) is 10.3 Å². The lowest BCUT2D eigenvalue weighted by Crippen LogP contribution is -2.37. The summed E-state index contributed by atoms with van der Waals surface area (Å²) in [6, 6.07) is 6.23. The topological polar surface area (TPSA) is 63.7 Å². The average Bonchev–Trinajstić information content (AvgIpc) is 2.73. The monoisotopic (exact) mass is 419 g/mol. The van der Waals surface area contributed by atoms with Crippen molar-refractivity contribution in [2.75, 3.05) is 44.1 Å². The van der Waals surface area contributed by atoms with Crippen LogP contribution in [0.15, 0.2) is 29.3 Å². The second-order valence-corrected chi connectivity index (χ2v) is 7.90. The largest absolute Gasteiger partial charge is 0.496 e. The molecule has 0 aliphatic carbocycles. The second kappa shape index (κ2) is 9.93. The molecular weight excluding hydrogens is 393 g/mol. The van der Waals surface area contributed by atoms with E-state index in [0.717, 1.165) is 35.2 Å². The van der Waals surface area contributed by atoms with Gasteiger partial charge in [-0.05, 0) is 30.4 Å². The fourth-order valence-electron chi connectivity index (χ4n) is 3.23. The summed E-state index contributed by atoms with van der Waals surface area (Å²) in [5.74, 6) is 1.51. The standard InChI is InChI=1S/C21H26FN3O3S/c1-4-29-21-19(14(2)11-18(24-21)25-7-9-28-10-8-25)20(26)23-13-15-5-6-16(22)12-17(15)27-3/h5-6,11-12H,4,7-10,13H2,1-3H3,(H,23,26). The molecule has 1 saturated heterocycles. The van der Waals surface area contributed by atoms with Crippen molar-refractivity contribution >= 4 is 23.5 Å². The Morgan fingerprint density at radius 1 is 1.34 bits per heavy atom. The van der Waals surface area contributed by atoms with Crippen LogP contribution in [0.25, 0.3) is 0 Å². The Morgan fingerprint density at radius 3 is 2.79 bits per heavy atom. The summed E-state index contributed by atoms with van der Waals surface area (Å²) in [7, 11) is 1.48. The first-order chi connectivity index (χ1) is 14.0. The number of halogens is 1. The van der Waals surface area contributed by atoms with Crippen LogP contribution >= 0.6 is 11.8 Å². The molecule has 3 rings (SSSR count). The van der Waals surface area contributed by atoms with Crippen molar-refractivity contribution in [2.45, 2.75) is 25.4 Å². The number of rotatable bonds is 7. The number of ether oxygens (including phenoxy) is 2. The van der Waals surface area contributed by atoms with E-state index in [2.05, 4.69) is 10.2 Å². The Morgan fingerprint density at radius 2 is 2.10 bits per heavy atom. The number of carbonyl (C=O) groups is 1. The van der Waals surface area contributed by atoms with Gasteiger partial charge in [-0.15, -0.1) is 11.8 Å². The number of thioether (sulfide) groups is 1. The van der Waals surface area contributed by atoms with Gasteiger partial charge in [-0.2, -0.15) is 0 Å². The lowest BCUT2D eigenvalue weighted by atomic mass is 10.1. The molecule has 1 aliphatic heterocycles. The van der Waals surface area contributed by atoms with E-state index in [-0.39, 0.29) is 18.3 Å². The highest BCUT2D eigenvalue weighted by Gasteiger charge is 2.21. The molecule has 8 heteroatoms. The van der Waals surface area contributed by atoms with E-state index in [4.69, 9.17) is 14.5 Å². The predicted molar refractivity (Wildman–Crippen MR) is 113 cm³/mol. The average molecular weight is 420 g/mol. The van der Waals surface area contributed by atoms with Gasteiger partial charge in [0.05, 0.1) is 25.9 Å². The van der Waals surface area contributed by atoms with E-state index in [1.54, 1.807) is 17.8 Å². The maximum absolute atomic E-state index is 13.4. The van der Waals surface area contributed by atoms with E-state index in [1.807, 2.05) is 19.9 Å². The third kappa shape index (κ3) is 5.19. The molecule has 0 radical (unpaired) electrons. The zero-order valence-electron chi connectivity index (χ0n) is 17.0. The number of hydrogen-bond acceptors (Lipinski definition) is 6. The molecule has 0 spiro atoms. The van der Waals surface area contributed by atoms with Gasteiger partial charge in [0.2, 0.25) is 0 Å². The van der Waals surface area contributed by atoms with Crippen molar-refractivity contribution in [2.24, 2.45) is 0 Å². The van der Waals surface area contributed by atoms with Crippen LogP contribution in [0.2, 0.25) is 0 Å². The highest BCUT2D eigenvalue weighted by molar-refractivity contribution is 7.99. The van der Waals surface area contributed by atoms with Gasteiger partial charge in [0, 0.05) is 31.3 Å². The second-order valence-electron chi connectivity index (χ2n) is 6.65. The molecule has 0 bridgehead atoms. The van der Waals surface area contributed by atoms with Crippen molar-refractivity contribution in [3.63, 3.8) is 0 Å². The Bertz CT molecular complexity index is 872. The molecule has 1 amide bonds. The van der Waals surface area contributed by atoms with E-state index in [1.165, 1.54) is 19.2 Å². The van der Waals surface area contributed by atoms with Gasteiger partial charge in [0.1, 0.15) is 22.4 Å². The minimum atomic E-state index is -0.377. The molecule has 1 aliphatic rings. The van der Waals surface area contributed by atoms with Crippen LogP contribution in [0.4, 0.5) is 10.2 Å². The van der Waals surface area contributed by atoms with Gasteiger partial charge in [-0.25, -0.2) is 9.37 Å². The van der Waals surface area contributed by atoms with Crippen LogP contribution in [0, 0.1) is 12.7 Å². The van der Waals surface area contributed by atoms with E-state index >= 15 is 0 Å². The Hall–Kier alpha value is -2.32. The number of aromatic nitrogens is 1. The summed E-state index contributed by atoms with van der Waals surface area (Å²) >= 11 is 1.55. The van der Waals surface area contributed by atoms with Crippen molar-refractivity contribution in [1.29, 1.82) is 0 Å². The minimum Gasteiger partial charge on any atom is -0.496 e. The summed E-state index contributed by atoms with van der Waals surface area (Å²) in [4.78, 5) is 19.9. The van der Waals surface area contributed by atoms with Crippen molar-refractivity contribution < 1.29 is 18.7 Å². The predicted octanol–water partition coefficient (Wildman–Crippen LogP) is 3.42. The molecule has 1 N–H and O–H groups in total. The molecule has 0 saturated carbocycles. The molecule has 6 nitrogen and oxygen atoms in total. The molecule has 2 heterocycles. The first-order valence-corrected chi connectivity index (χ1v) is 10.6. The number of morpholine rings is 1. The maximum Gasteiger partial charge on any atom is 0.254 e. The maximum atomic E-state index is 13.4. The number of benzene rings is 1. The van der Waals surface area contributed by atoms with Gasteiger partial charge < -0.3 is 19.7 Å². The summed E-state index contributed by atoms with van der Waals surface area (Å²) < 4.78 is 24.0. The summed E-state index contributed by atoms with van der Waals surface area (Å²) in [6.07, 6.45) is 0. The lowest BCUT2D eigenvalue weighted by molar-refractivity contribution is 0.0946. The fourth-order valence-corrected chi connectivity index (χ4v) is 4.06. The van der Waals surface area contributed by atoms with Gasteiger partial charge in [-0.1, -0.05) is 13.0 Å². The third-order valence-electron chi connectivity index (χ3n) is 4.70. The Kier molecular flexibility index (Phi) is 7.33. The van der Waals surface area contributed by atoms with Gasteiger partial charge in [0.15, 0.2) is 0 Å². The van der Waals surface area contributed by atoms with Crippen molar-refractivity contribution in [3.05, 3.63) is 46.8 Å². The van der Waals surface area contributed by atoms with Gasteiger partial charge >= 0.3 is 0 Å². The van der Waals surface area contributed by atoms with Crippen LogP contribution in [-0.4, -0.2) is 50.1 Å². The Labute approximate surface area is 174 Å². The number of amides is 1. The minimum absolute atomic E-state index is 0.203. The highest BCUT2D eigenvalue weighted by atomic mass is 32.2. The van der Waals surface area contributed by atoms with Gasteiger partial charge in [0.25, 0.3) is 5.91 Å². The molecule has 1 fully saturated rings. The van der Waals surface area contributed by atoms with Crippen molar-refractivity contribution in [3.8, 4) is 5.75 Å². The first-order valence-electron chi connectivity index (χ1n) is 9.61. The van der Waals surface area contributed by atoms with E-state index in [9.17, 15) is 9.18 Å². The number of hydrogen-bond donors (Lipinski definition) is 1. The summed E-state index contributed by atoms with van der Waals surface area (Å²) in [5, 5.41) is 3.64. The molecule has 1 aromatic heterocycles. The number of carbonyl (C=O) groups excluding carboxylic acids is 1. The normalized spacial score (nSPS) is 14.0. The third-order valence-corrected chi connectivity index (χ3v) is 5.56. The number of nitrogens with one attached hydrogen (secondary N) is 1. The number of anilines is 1. The SMILES string of the molecule is CCSc1nc(N2CCOCC2)cc(C)c1C(=O)NCc1ccc(F)cc1OC. The molecule has 29 heavy (non-hydrogen) atoms. The Balaban J connectivity index is 1.82. The molecule has 156 valence electrons. The first kappa shape index (κ1) is 21.4. The molecule has 1 aromatic carbocycles. The highest BCUT2D eigenvalue weighted by Crippen LogP contribution is 2.28. The zero-order valence-corrected chi connectivity index (χ0v) is 17.8. The van der Waals surface area contributed by atoms with E-state index in [0.29, 0.717) is 30.1 Å². The quantitative estimate of drug-likeness (QED) is 0.694. The number of aryl methyl sites for hydroxylation is 1. The number of pyridine rings is 1. The molecule has 2 aromatic rings.